The molecule has 0 aromatic heterocycles. The Morgan fingerprint density at radius 1 is 1.44 bits per heavy atom. The third kappa shape index (κ3) is 2.06. The zero-order valence-corrected chi connectivity index (χ0v) is 9.70. The predicted octanol–water partition coefficient (Wildman–Crippen LogP) is 1.72. The fourth-order valence-electron chi connectivity index (χ4n) is 2.07. The molecule has 0 saturated carbocycles. The number of fused-ring (bicyclic) bond motifs is 1. The summed E-state index contributed by atoms with van der Waals surface area (Å²) in [6, 6.07) is 5.41. The van der Waals surface area contributed by atoms with Crippen LogP contribution in [-0.4, -0.2) is 35.6 Å². The molecule has 0 unspecified atom stereocenters. The molecule has 0 saturated heterocycles. The maximum absolute atomic E-state index is 12.1. The van der Waals surface area contributed by atoms with Crippen LogP contribution in [0.3, 0.4) is 0 Å². The Kier molecular flexibility index (Phi) is 3.46. The van der Waals surface area contributed by atoms with Crippen molar-refractivity contribution in [1.29, 1.82) is 0 Å². The van der Waals surface area contributed by atoms with Gasteiger partial charge in [-0.2, -0.15) is 0 Å². The molecule has 4 heteroatoms. The largest absolute Gasteiger partial charge is 0.395 e. The van der Waals surface area contributed by atoms with Crippen molar-refractivity contribution in [1.82, 2.24) is 4.90 Å². The summed E-state index contributed by atoms with van der Waals surface area (Å²) < 4.78 is 0. The van der Waals surface area contributed by atoms with E-state index >= 15 is 0 Å². The standard InChI is InChI=1S/C12H14ClNO2/c13-11-5-1-3-10-9(11)4-2-6-14(7-8-15)12(10)16/h1,3,5,15H,2,4,6-8H2. The topological polar surface area (TPSA) is 40.5 Å². The van der Waals surface area contributed by atoms with Crippen molar-refractivity contribution < 1.29 is 9.90 Å². The molecule has 1 aromatic rings. The lowest BCUT2D eigenvalue weighted by Gasteiger charge is -2.19. The highest BCUT2D eigenvalue weighted by Gasteiger charge is 2.22. The molecule has 0 spiro atoms. The Morgan fingerprint density at radius 3 is 3.00 bits per heavy atom. The Morgan fingerprint density at radius 2 is 2.25 bits per heavy atom. The van der Waals surface area contributed by atoms with Crippen molar-refractivity contribution in [2.45, 2.75) is 12.8 Å². The van der Waals surface area contributed by atoms with Crippen LogP contribution in [0.1, 0.15) is 22.3 Å². The molecule has 16 heavy (non-hydrogen) atoms. The number of aliphatic hydroxyl groups is 1. The Labute approximate surface area is 99.6 Å². The highest BCUT2D eigenvalue weighted by atomic mass is 35.5. The van der Waals surface area contributed by atoms with E-state index in [1.54, 1.807) is 17.0 Å². The summed E-state index contributed by atoms with van der Waals surface area (Å²) >= 11 is 6.08. The number of hydrogen-bond donors (Lipinski definition) is 1. The third-order valence-electron chi connectivity index (χ3n) is 2.86. The van der Waals surface area contributed by atoms with Crippen LogP contribution < -0.4 is 0 Å². The zero-order chi connectivity index (χ0) is 11.5. The van der Waals surface area contributed by atoms with E-state index in [0.717, 1.165) is 18.4 Å². The molecule has 1 aliphatic rings. The van der Waals surface area contributed by atoms with Gasteiger partial charge >= 0.3 is 0 Å². The zero-order valence-electron chi connectivity index (χ0n) is 8.95. The SMILES string of the molecule is O=C1c2cccc(Cl)c2CCCN1CCO. The van der Waals surface area contributed by atoms with Crippen LogP contribution in [0, 0.1) is 0 Å². The minimum atomic E-state index is -0.0240. The van der Waals surface area contributed by atoms with Gasteiger partial charge in [0.2, 0.25) is 0 Å². The first-order valence-corrected chi connectivity index (χ1v) is 5.79. The van der Waals surface area contributed by atoms with Crippen LogP contribution in [0.4, 0.5) is 0 Å². The Hall–Kier alpha value is -1.06. The minimum Gasteiger partial charge on any atom is -0.395 e. The molecular formula is C12H14ClNO2. The number of amides is 1. The number of nitrogens with zero attached hydrogens (tertiary/aromatic N) is 1. The molecule has 3 nitrogen and oxygen atoms in total. The number of carbonyl (C=O) groups is 1. The van der Waals surface area contributed by atoms with Gasteiger partial charge in [0.05, 0.1) is 6.61 Å². The van der Waals surface area contributed by atoms with Crippen LogP contribution in [0.15, 0.2) is 18.2 Å². The van der Waals surface area contributed by atoms with Gasteiger partial charge in [0, 0.05) is 23.7 Å². The molecule has 1 aliphatic heterocycles. The summed E-state index contributed by atoms with van der Waals surface area (Å²) in [7, 11) is 0. The number of aliphatic hydroxyl groups excluding tert-OH is 1. The van der Waals surface area contributed by atoms with Gasteiger partial charge in [0.15, 0.2) is 0 Å². The molecule has 86 valence electrons. The number of halogens is 1. The average Bonchev–Trinajstić information content (AvgIpc) is 2.43. The quantitative estimate of drug-likeness (QED) is 0.854. The lowest BCUT2D eigenvalue weighted by Crippen LogP contribution is -2.33. The second kappa shape index (κ2) is 4.85. The van der Waals surface area contributed by atoms with Gasteiger partial charge in [0.1, 0.15) is 0 Å². The number of benzene rings is 1. The maximum atomic E-state index is 12.1. The summed E-state index contributed by atoms with van der Waals surface area (Å²) in [5.74, 6) is -0.0240. The molecule has 0 atom stereocenters. The number of carbonyl (C=O) groups excluding carboxylic acids is 1. The number of β-amino-alcohol motifs (C(OH)–C–C–N with tert-alkyl or cyclic N) is 1. The van der Waals surface area contributed by atoms with Gasteiger partial charge in [-0.1, -0.05) is 17.7 Å². The van der Waals surface area contributed by atoms with Gasteiger partial charge in [0.25, 0.3) is 5.91 Å². The summed E-state index contributed by atoms with van der Waals surface area (Å²) in [6.45, 7) is 1.08. The van der Waals surface area contributed by atoms with E-state index in [1.807, 2.05) is 6.07 Å². The Balaban J connectivity index is 2.37. The van der Waals surface area contributed by atoms with Crippen LogP contribution in [0.5, 0.6) is 0 Å². The summed E-state index contributed by atoms with van der Waals surface area (Å²) in [5.41, 5.74) is 1.62. The van der Waals surface area contributed by atoms with Crippen LogP contribution in [0.25, 0.3) is 0 Å². The van der Waals surface area contributed by atoms with Crippen molar-refractivity contribution in [3.05, 3.63) is 34.3 Å². The number of hydrogen-bond acceptors (Lipinski definition) is 2. The van der Waals surface area contributed by atoms with Crippen LogP contribution in [0.2, 0.25) is 5.02 Å². The fraction of sp³-hybridized carbons (Fsp3) is 0.417. The molecule has 1 aromatic carbocycles. The monoisotopic (exact) mass is 239 g/mol. The molecule has 1 heterocycles. The molecule has 0 bridgehead atoms. The normalized spacial score (nSPS) is 15.9. The lowest BCUT2D eigenvalue weighted by molar-refractivity contribution is 0.0727. The van der Waals surface area contributed by atoms with E-state index in [2.05, 4.69) is 0 Å². The molecule has 0 aliphatic carbocycles. The number of rotatable bonds is 2. The predicted molar refractivity (Wildman–Crippen MR) is 62.8 cm³/mol. The molecule has 0 fully saturated rings. The maximum Gasteiger partial charge on any atom is 0.254 e. The smallest absolute Gasteiger partial charge is 0.254 e. The van der Waals surface area contributed by atoms with Gasteiger partial charge in [-0.05, 0) is 30.5 Å². The molecule has 0 radical (unpaired) electrons. The van der Waals surface area contributed by atoms with E-state index < -0.39 is 0 Å². The average molecular weight is 240 g/mol. The second-order valence-electron chi connectivity index (χ2n) is 3.89. The third-order valence-corrected chi connectivity index (χ3v) is 3.22. The van der Waals surface area contributed by atoms with Gasteiger partial charge in [-0.3, -0.25) is 4.79 Å². The summed E-state index contributed by atoms with van der Waals surface area (Å²) in [4.78, 5) is 13.8. The van der Waals surface area contributed by atoms with Crippen molar-refractivity contribution in [3.63, 3.8) is 0 Å². The van der Waals surface area contributed by atoms with Crippen molar-refractivity contribution in [2.24, 2.45) is 0 Å². The first-order chi connectivity index (χ1) is 7.74. The van der Waals surface area contributed by atoms with Crippen molar-refractivity contribution in [2.75, 3.05) is 19.7 Å². The molecule has 2 rings (SSSR count). The first-order valence-electron chi connectivity index (χ1n) is 5.41. The molecule has 1 amide bonds. The molecular weight excluding hydrogens is 226 g/mol. The minimum absolute atomic E-state index is 0.00163. The second-order valence-corrected chi connectivity index (χ2v) is 4.29. The van der Waals surface area contributed by atoms with Crippen LogP contribution >= 0.6 is 11.6 Å². The van der Waals surface area contributed by atoms with E-state index in [0.29, 0.717) is 23.7 Å². The summed E-state index contributed by atoms with van der Waals surface area (Å²) in [5, 5.41) is 9.57. The van der Waals surface area contributed by atoms with Gasteiger partial charge in [-0.25, -0.2) is 0 Å². The van der Waals surface area contributed by atoms with E-state index in [9.17, 15) is 4.79 Å². The van der Waals surface area contributed by atoms with E-state index in [4.69, 9.17) is 16.7 Å². The lowest BCUT2D eigenvalue weighted by atomic mass is 10.0. The first kappa shape index (κ1) is 11.4. The van der Waals surface area contributed by atoms with E-state index in [1.165, 1.54) is 0 Å². The highest BCUT2D eigenvalue weighted by Crippen LogP contribution is 2.25. The van der Waals surface area contributed by atoms with Crippen molar-refractivity contribution >= 4 is 17.5 Å². The Bertz CT molecular complexity index is 406. The molecule has 1 N–H and O–H groups in total. The van der Waals surface area contributed by atoms with Gasteiger partial charge in [-0.15, -0.1) is 0 Å². The van der Waals surface area contributed by atoms with Crippen LogP contribution in [-0.2, 0) is 6.42 Å². The highest BCUT2D eigenvalue weighted by molar-refractivity contribution is 6.31. The van der Waals surface area contributed by atoms with Crippen molar-refractivity contribution in [3.8, 4) is 0 Å². The van der Waals surface area contributed by atoms with Gasteiger partial charge < -0.3 is 10.0 Å². The summed E-state index contributed by atoms with van der Waals surface area (Å²) in [6.07, 6.45) is 1.71. The van der Waals surface area contributed by atoms with E-state index in [-0.39, 0.29) is 12.5 Å². The fourth-order valence-corrected chi connectivity index (χ4v) is 2.33.